The average Bonchev–Trinajstić information content (AvgIpc) is 3.00. The van der Waals surface area contributed by atoms with Gasteiger partial charge in [0, 0.05) is 12.1 Å². The van der Waals surface area contributed by atoms with Crippen molar-refractivity contribution in [3.05, 3.63) is 58.1 Å². The smallest absolute Gasteiger partial charge is 0.295 e. The molecule has 1 aliphatic rings. The number of nitrogens with zero attached hydrogens (tertiary/aromatic N) is 1. The molecule has 1 atom stereocenters. The lowest BCUT2D eigenvalue weighted by atomic mass is 9.95. The van der Waals surface area contributed by atoms with E-state index in [1.807, 2.05) is 6.92 Å². The normalized spacial score (nSPS) is 18.0. The van der Waals surface area contributed by atoms with Crippen molar-refractivity contribution in [1.29, 1.82) is 0 Å². The van der Waals surface area contributed by atoms with Crippen molar-refractivity contribution < 1.29 is 29.3 Å². The molecule has 0 spiro atoms. The molecule has 0 aromatic heterocycles. The van der Waals surface area contributed by atoms with E-state index in [4.69, 9.17) is 21.1 Å². The molecule has 1 aliphatic heterocycles. The molecule has 0 saturated carbocycles. The van der Waals surface area contributed by atoms with Crippen LogP contribution >= 0.6 is 11.6 Å². The first-order chi connectivity index (χ1) is 14.3. The topological polar surface area (TPSA) is 96.3 Å². The van der Waals surface area contributed by atoms with Gasteiger partial charge in [0.25, 0.3) is 11.7 Å². The first-order valence-electron chi connectivity index (χ1n) is 9.33. The fourth-order valence-electron chi connectivity index (χ4n) is 3.53. The van der Waals surface area contributed by atoms with Gasteiger partial charge in [0.2, 0.25) is 0 Å². The van der Waals surface area contributed by atoms with Gasteiger partial charge in [0.1, 0.15) is 11.5 Å². The largest absolute Gasteiger partial charge is 0.507 e. The third-order valence-electron chi connectivity index (χ3n) is 4.95. The summed E-state index contributed by atoms with van der Waals surface area (Å²) in [5.74, 6) is -1.11. The van der Waals surface area contributed by atoms with E-state index in [9.17, 15) is 19.8 Å². The lowest BCUT2D eigenvalue weighted by molar-refractivity contribution is -0.139. The number of halogens is 1. The number of aromatic hydroxyl groups is 1. The van der Waals surface area contributed by atoms with Crippen LogP contribution in [-0.4, -0.2) is 47.6 Å². The summed E-state index contributed by atoms with van der Waals surface area (Å²) >= 11 is 6.06. The van der Waals surface area contributed by atoms with E-state index in [1.165, 1.54) is 37.3 Å². The van der Waals surface area contributed by atoms with E-state index in [0.717, 1.165) is 0 Å². The Kier molecular flexibility index (Phi) is 6.22. The second-order valence-electron chi connectivity index (χ2n) is 6.77. The maximum atomic E-state index is 12.9. The van der Waals surface area contributed by atoms with Crippen LogP contribution in [0.3, 0.4) is 0 Å². The van der Waals surface area contributed by atoms with E-state index in [-0.39, 0.29) is 22.1 Å². The number of aliphatic hydroxyl groups is 1. The Labute approximate surface area is 179 Å². The molecular weight excluding hydrogens is 410 g/mol. The number of ketones is 1. The van der Waals surface area contributed by atoms with E-state index < -0.39 is 17.7 Å². The standard InChI is InChI=1S/C22H22ClNO6/c1-4-9-24-19(12-5-7-15(25)14(23)10-12)18(21(27)22(24)28)20(26)13-6-8-16(29-2)17(11-13)30-3/h5-8,10-11,19,25-26H,4,9H2,1-3H3/b20-18-. The third-order valence-corrected chi connectivity index (χ3v) is 5.25. The maximum absolute atomic E-state index is 12.9. The van der Waals surface area contributed by atoms with Gasteiger partial charge in [-0.2, -0.15) is 0 Å². The number of phenols is 1. The summed E-state index contributed by atoms with van der Waals surface area (Å²) in [6.07, 6.45) is 0.617. The highest BCUT2D eigenvalue weighted by Gasteiger charge is 2.45. The average molecular weight is 432 g/mol. The van der Waals surface area contributed by atoms with Gasteiger partial charge >= 0.3 is 0 Å². The van der Waals surface area contributed by atoms with Crippen molar-refractivity contribution in [1.82, 2.24) is 4.90 Å². The molecule has 0 bridgehead atoms. The van der Waals surface area contributed by atoms with Crippen molar-refractivity contribution in [3.63, 3.8) is 0 Å². The fourth-order valence-corrected chi connectivity index (χ4v) is 3.72. The molecule has 7 nitrogen and oxygen atoms in total. The zero-order valence-corrected chi connectivity index (χ0v) is 17.6. The second kappa shape index (κ2) is 8.67. The van der Waals surface area contributed by atoms with Gasteiger partial charge in [-0.1, -0.05) is 24.6 Å². The Morgan fingerprint density at radius 3 is 2.40 bits per heavy atom. The number of Topliss-reactive ketones (excluding diaryl/α,β-unsaturated/α-hetero) is 1. The van der Waals surface area contributed by atoms with Gasteiger partial charge in [-0.15, -0.1) is 0 Å². The number of ether oxygens (including phenoxy) is 2. The van der Waals surface area contributed by atoms with E-state index in [2.05, 4.69) is 0 Å². The Morgan fingerprint density at radius 2 is 1.80 bits per heavy atom. The molecule has 8 heteroatoms. The highest BCUT2D eigenvalue weighted by Crippen LogP contribution is 2.42. The first kappa shape index (κ1) is 21.5. The molecule has 3 rings (SSSR count). The van der Waals surface area contributed by atoms with Crippen LogP contribution in [-0.2, 0) is 9.59 Å². The SMILES string of the molecule is CCCN1C(=O)C(=O)/C(=C(\O)c2ccc(OC)c(OC)c2)C1c1ccc(O)c(Cl)c1. The van der Waals surface area contributed by atoms with E-state index in [1.54, 1.807) is 18.2 Å². The van der Waals surface area contributed by atoms with Crippen LogP contribution in [0.15, 0.2) is 42.0 Å². The molecule has 30 heavy (non-hydrogen) atoms. The van der Waals surface area contributed by atoms with Gasteiger partial charge in [0.15, 0.2) is 11.5 Å². The summed E-state index contributed by atoms with van der Waals surface area (Å²) < 4.78 is 10.5. The summed E-state index contributed by atoms with van der Waals surface area (Å²) in [5, 5.41) is 20.9. The maximum Gasteiger partial charge on any atom is 0.295 e. The molecule has 2 aromatic carbocycles. The number of carbonyl (C=O) groups excluding carboxylic acids is 2. The van der Waals surface area contributed by atoms with Crippen LogP contribution < -0.4 is 9.47 Å². The molecule has 0 radical (unpaired) electrons. The Balaban J connectivity index is 2.21. The van der Waals surface area contributed by atoms with Crippen LogP contribution in [0.25, 0.3) is 5.76 Å². The van der Waals surface area contributed by atoms with Gasteiger partial charge in [-0.05, 0) is 42.3 Å². The van der Waals surface area contributed by atoms with Crippen LogP contribution in [0, 0.1) is 0 Å². The molecule has 1 unspecified atom stereocenters. The van der Waals surface area contributed by atoms with Crippen molar-refractivity contribution in [2.45, 2.75) is 19.4 Å². The number of benzene rings is 2. The minimum absolute atomic E-state index is 0.0533. The van der Waals surface area contributed by atoms with Crippen LogP contribution in [0.4, 0.5) is 0 Å². The molecule has 1 saturated heterocycles. The van der Waals surface area contributed by atoms with Crippen molar-refractivity contribution in [3.8, 4) is 17.2 Å². The Hall–Kier alpha value is -3.19. The molecule has 1 amide bonds. The first-order valence-corrected chi connectivity index (χ1v) is 9.71. The summed E-state index contributed by atoms with van der Waals surface area (Å²) in [6.45, 7) is 2.20. The predicted octanol–water partition coefficient (Wildman–Crippen LogP) is 3.89. The monoisotopic (exact) mass is 431 g/mol. The molecule has 1 fully saturated rings. The predicted molar refractivity (Wildman–Crippen MR) is 112 cm³/mol. The fraction of sp³-hybridized carbons (Fsp3) is 0.273. The third kappa shape index (κ3) is 3.68. The van der Waals surface area contributed by atoms with E-state index >= 15 is 0 Å². The zero-order valence-electron chi connectivity index (χ0n) is 16.8. The summed E-state index contributed by atoms with van der Waals surface area (Å²) in [4.78, 5) is 27.0. The van der Waals surface area contributed by atoms with Crippen molar-refractivity contribution >= 4 is 29.1 Å². The number of methoxy groups -OCH3 is 2. The van der Waals surface area contributed by atoms with Crippen molar-refractivity contribution in [2.75, 3.05) is 20.8 Å². The van der Waals surface area contributed by atoms with Crippen molar-refractivity contribution in [2.24, 2.45) is 0 Å². The number of hydrogen-bond acceptors (Lipinski definition) is 6. The summed E-state index contributed by atoms with van der Waals surface area (Å²) in [7, 11) is 2.95. The summed E-state index contributed by atoms with van der Waals surface area (Å²) in [5.41, 5.74) is 0.756. The number of likely N-dealkylation sites (tertiary alicyclic amines) is 1. The molecule has 158 valence electrons. The Morgan fingerprint density at radius 1 is 1.10 bits per heavy atom. The number of phenolic OH excluding ortho intramolecular Hbond substituents is 1. The number of rotatable bonds is 6. The molecule has 1 heterocycles. The number of amides is 1. The number of aliphatic hydroxyl groups excluding tert-OH is 1. The Bertz CT molecular complexity index is 1030. The molecule has 0 aliphatic carbocycles. The lowest BCUT2D eigenvalue weighted by Gasteiger charge is -2.25. The quantitative estimate of drug-likeness (QED) is 0.409. The van der Waals surface area contributed by atoms with Gasteiger partial charge in [0.05, 0.1) is 30.9 Å². The number of carbonyl (C=O) groups is 2. The molecule has 2 aromatic rings. The van der Waals surface area contributed by atoms with Crippen LogP contribution in [0.2, 0.25) is 5.02 Å². The highest BCUT2D eigenvalue weighted by molar-refractivity contribution is 6.46. The van der Waals surface area contributed by atoms with Gasteiger partial charge in [-0.25, -0.2) is 0 Å². The summed E-state index contributed by atoms with van der Waals surface area (Å²) in [6, 6.07) is 8.31. The van der Waals surface area contributed by atoms with Crippen LogP contribution in [0.1, 0.15) is 30.5 Å². The van der Waals surface area contributed by atoms with Gasteiger partial charge in [-0.3, -0.25) is 9.59 Å². The van der Waals surface area contributed by atoms with Gasteiger partial charge < -0.3 is 24.6 Å². The molecular formula is C22H22ClNO6. The minimum atomic E-state index is -0.837. The minimum Gasteiger partial charge on any atom is -0.507 e. The highest BCUT2D eigenvalue weighted by atomic mass is 35.5. The second-order valence-corrected chi connectivity index (χ2v) is 7.18. The zero-order chi connectivity index (χ0) is 22.0. The van der Waals surface area contributed by atoms with E-state index in [0.29, 0.717) is 35.6 Å². The number of hydrogen-bond donors (Lipinski definition) is 2. The van der Waals surface area contributed by atoms with Crippen LogP contribution in [0.5, 0.6) is 17.2 Å². The lowest BCUT2D eigenvalue weighted by Crippen LogP contribution is -2.30. The molecule has 2 N–H and O–H groups in total.